The second kappa shape index (κ2) is 10.8. The van der Waals surface area contributed by atoms with E-state index in [1.807, 2.05) is 9.80 Å². The molecule has 0 aromatic carbocycles. The average Bonchev–Trinajstić information content (AvgIpc) is 2.53. The van der Waals surface area contributed by atoms with E-state index in [1.54, 1.807) is 0 Å². The van der Waals surface area contributed by atoms with Crippen LogP contribution in [0.1, 0.15) is 19.3 Å². The molecule has 1 N–H and O–H groups in total. The zero-order valence-electron chi connectivity index (χ0n) is 13.0. The second-order valence-electron chi connectivity index (χ2n) is 5.12. The fourth-order valence-corrected chi connectivity index (χ4v) is 2.22. The Morgan fingerprint density at radius 2 is 1.91 bits per heavy atom. The van der Waals surface area contributed by atoms with Crippen molar-refractivity contribution in [1.82, 2.24) is 15.1 Å². The Hall–Kier alpha value is -1.89. The van der Waals surface area contributed by atoms with Gasteiger partial charge in [-0.05, 0) is 12.8 Å². The summed E-state index contributed by atoms with van der Waals surface area (Å²) in [7, 11) is 0. The average molecular weight is 311 g/mol. The molecule has 0 unspecified atom stereocenters. The Morgan fingerprint density at radius 3 is 2.55 bits per heavy atom. The molecule has 1 aliphatic heterocycles. The molecule has 7 nitrogen and oxygen atoms in total. The van der Waals surface area contributed by atoms with Crippen LogP contribution in [-0.4, -0.2) is 74.0 Å². The van der Waals surface area contributed by atoms with Gasteiger partial charge in [-0.25, -0.2) is 4.79 Å². The highest BCUT2D eigenvalue weighted by atomic mass is 16.5. The van der Waals surface area contributed by atoms with Crippen molar-refractivity contribution in [2.45, 2.75) is 19.3 Å². The first kappa shape index (κ1) is 18.2. The summed E-state index contributed by atoms with van der Waals surface area (Å²) in [6, 6.07) is 0. The number of hydrogen-bond acceptors (Lipinski definition) is 5. The number of amides is 2. The molecule has 1 rings (SSSR count). The van der Waals surface area contributed by atoms with E-state index in [1.165, 1.54) is 6.08 Å². The van der Waals surface area contributed by atoms with Gasteiger partial charge in [0.05, 0.1) is 6.54 Å². The minimum atomic E-state index is -0.461. The maximum atomic E-state index is 12.0. The fraction of sp³-hybridized carbons (Fsp3) is 0.667. The van der Waals surface area contributed by atoms with Crippen molar-refractivity contribution in [3.63, 3.8) is 0 Å². The van der Waals surface area contributed by atoms with Gasteiger partial charge in [-0.15, -0.1) is 0 Å². The number of carbonyl (C=O) groups excluding carboxylic acids is 3. The molecule has 1 heterocycles. The zero-order valence-corrected chi connectivity index (χ0v) is 13.0. The Kier molecular flexibility index (Phi) is 8.90. The number of nitrogens with one attached hydrogen (secondary N) is 1. The molecule has 0 aromatic rings. The van der Waals surface area contributed by atoms with E-state index in [-0.39, 0.29) is 12.5 Å². The van der Waals surface area contributed by atoms with Crippen LogP contribution in [0, 0.1) is 0 Å². The maximum Gasteiger partial charge on any atom is 0.407 e. The number of rotatable bonds is 9. The van der Waals surface area contributed by atoms with Gasteiger partial charge in [0.25, 0.3) is 0 Å². The van der Waals surface area contributed by atoms with Gasteiger partial charge in [-0.2, -0.15) is 0 Å². The van der Waals surface area contributed by atoms with E-state index >= 15 is 0 Å². The lowest BCUT2D eigenvalue weighted by Gasteiger charge is -2.33. The first-order valence-corrected chi connectivity index (χ1v) is 7.62. The molecule has 0 radical (unpaired) electrons. The third-order valence-corrected chi connectivity index (χ3v) is 3.48. The third kappa shape index (κ3) is 7.21. The minimum Gasteiger partial charge on any atom is -0.445 e. The number of aldehydes is 1. The smallest absolute Gasteiger partial charge is 0.407 e. The largest absolute Gasteiger partial charge is 0.445 e. The van der Waals surface area contributed by atoms with E-state index < -0.39 is 6.09 Å². The van der Waals surface area contributed by atoms with Gasteiger partial charge in [0.15, 0.2) is 0 Å². The number of hydrogen-bond donors (Lipinski definition) is 1. The van der Waals surface area contributed by atoms with Gasteiger partial charge < -0.3 is 19.7 Å². The van der Waals surface area contributed by atoms with E-state index in [4.69, 9.17) is 4.74 Å². The van der Waals surface area contributed by atoms with Crippen LogP contribution in [0.5, 0.6) is 0 Å². The molecule has 0 aromatic heterocycles. The molecule has 0 aliphatic carbocycles. The molecule has 1 fully saturated rings. The summed E-state index contributed by atoms with van der Waals surface area (Å²) in [4.78, 5) is 37.5. The van der Waals surface area contributed by atoms with Crippen molar-refractivity contribution in [3.8, 4) is 0 Å². The second-order valence-corrected chi connectivity index (χ2v) is 5.12. The van der Waals surface area contributed by atoms with Gasteiger partial charge in [0.1, 0.15) is 12.9 Å². The molecule has 7 heteroatoms. The molecular weight excluding hydrogens is 286 g/mol. The van der Waals surface area contributed by atoms with Crippen LogP contribution in [0.2, 0.25) is 0 Å². The molecule has 0 atom stereocenters. The monoisotopic (exact) mass is 311 g/mol. The first-order chi connectivity index (χ1) is 10.7. The zero-order chi connectivity index (χ0) is 16.2. The van der Waals surface area contributed by atoms with Crippen LogP contribution in [0.4, 0.5) is 4.79 Å². The minimum absolute atomic E-state index is 0.139. The van der Waals surface area contributed by atoms with Crippen LogP contribution < -0.4 is 5.32 Å². The van der Waals surface area contributed by atoms with Crippen molar-refractivity contribution in [3.05, 3.63) is 12.7 Å². The predicted molar refractivity (Wildman–Crippen MR) is 82.5 cm³/mol. The molecular formula is C15H25N3O4. The summed E-state index contributed by atoms with van der Waals surface area (Å²) in [6.45, 7) is 7.45. The van der Waals surface area contributed by atoms with Crippen LogP contribution in [-0.2, 0) is 14.3 Å². The molecule has 0 bridgehead atoms. The summed E-state index contributed by atoms with van der Waals surface area (Å²) in [6.07, 6.45) is 3.89. The van der Waals surface area contributed by atoms with Crippen LogP contribution in [0.25, 0.3) is 0 Å². The molecule has 2 amide bonds. The molecule has 1 saturated heterocycles. The Labute approximate surface area is 131 Å². The quantitative estimate of drug-likeness (QED) is 0.379. The lowest BCUT2D eigenvalue weighted by atomic mass is 10.2. The van der Waals surface area contributed by atoms with Gasteiger partial charge in [-0.1, -0.05) is 12.7 Å². The van der Waals surface area contributed by atoms with Crippen LogP contribution >= 0.6 is 0 Å². The molecule has 1 aliphatic rings. The van der Waals surface area contributed by atoms with Crippen LogP contribution in [0.15, 0.2) is 12.7 Å². The SMILES string of the molecule is C=CCOC(=O)NCCCCC(=O)N1CCN(CC=O)CC1. The highest BCUT2D eigenvalue weighted by Crippen LogP contribution is 2.05. The lowest BCUT2D eigenvalue weighted by molar-refractivity contribution is -0.133. The number of carbonyl (C=O) groups is 3. The summed E-state index contributed by atoms with van der Waals surface area (Å²) >= 11 is 0. The normalized spacial score (nSPS) is 15.2. The van der Waals surface area contributed by atoms with E-state index in [0.717, 1.165) is 32.2 Å². The Balaban J connectivity index is 2.05. The van der Waals surface area contributed by atoms with Gasteiger partial charge in [0.2, 0.25) is 5.91 Å². The molecule has 22 heavy (non-hydrogen) atoms. The highest BCUT2D eigenvalue weighted by Gasteiger charge is 2.20. The topological polar surface area (TPSA) is 79.0 Å². The van der Waals surface area contributed by atoms with E-state index in [0.29, 0.717) is 32.6 Å². The standard InChI is InChI=1S/C15H25N3O4/c1-2-13-22-15(21)16-6-4-3-5-14(20)18-9-7-17(8-10-18)11-12-19/h2,12H,1,3-11,13H2,(H,16,21). The number of piperazine rings is 1. The summed E-state index contributed by atoms with van der Waals surface area (Å²) < 4.78 is 4.77. The Bertz CT molecular complexity index is 379. The molecule has 0 spiro atoms. The van der Waals surface area contributed by atoms with Crippen molar-refractivity contribution in [1.29, 1.82) is 0 Å². The fourth-order valence-electron chi connectivity index (χ4n) is 2.22. The van der Waals surface area contributed by atoms with Gasteiger partial charge >= 0.3 is 6.09 Å². The predicted octanol–water partition coefficient (Wildman–Crippen LogP) is 0.412. The summed E-state index contributed by atoms with van der Waals surface area (Å²) in [5.41, 5.74) is 0. The number of alkyl carbamates (subject to hydrolysis) is 1. The van der Waals surface area contributed by atoms with E-state index in [2.05, 4.69) is 11.9 Å². The lowest BCUT2D eigenvalue weighted by Crippen LogP contribution is -2.49. The maximum absolute atomic E-state index is 12.0. The van der Waals surface area contributed by atoms with Gasteiger partial charge in [0, 0.05) is 39.1 Å². The molecule has 124 valence electrons. The number of unbranched alkanes of at least 4 members (excludes halogenated alkanes) is 1. The molecule has 0 saturated carbocycles. The van der Waals surface area contributed by atoms with Gasteiger partial charge in [-0.3, -0.25) is 9.69 Å². The Morgan fingerprint density at radius 1 is 1.18 bits per heavy atom. The third-order valence-electron chi connectivity index (χ3n) is 3.48. The summed E-state index contributed by atoms with van der Waals surface area (Å²) in [5.74, 6) is 0.139. The van der Waals surface area contributed by atoms with Crippen molar-refractivity contribution in [2.24, 2.45) is 0 Å². The van der Waals surface area contributed by atoms with Crippen molar-refractivity contribution >= 4 is 18.3 Å². The number of ether oxygens (including phenoxy) is 1. The van der Waals surface area contributed by atoms with Crippen molar-refractivity contribution in [2.75, 3.05) is 45.9 Å². The van der Waals surface area contributed by atoms with E-state index in [9.17, 15) is 14.4 Å². The summed E-state index contributed by atoms with van der Waals surface area (Å²) in [5, 5.41) is 2.62. The highest BCUT2D eigenvalue weighted by molar-refractivity contribution is 5.76. The van der Waals surface area contributed by atoms with Crippen LogP contribution in [0.3, 0.4) is 0 Å². The first-order valence-electron chi connectivity index (χ1n) is 7.62. The number of nitrogens with zero attached hydrogens (tertiary/aromatic N) is 2. The van der Waals surface area contributed by atoms with Crippen molar-refractivity contribution < 1.29 is 19.1 Å².